The normalized spacial score (nSPS) is 14.5. The Labute approximate surface area is 146 Å². The second-order valence-electron chi connectivity index (χ2n) is 5.86. The highest BCUT2D eigenvalue weighted by Crippen LogP contribution is 2.22. The van der Waals surface area contributed by atoms with Crippen molar-refractivity contribution in [2.24, 2.45) is 0 Å². The lowest BCUT2D eigenvalue weighted by atomic mass is 10.2. The Hall–Kier alpha value is -2.83. The van der Waals surface area contributed by atoms with E-state index in [4.69, 9.17) is 4.74 Å². The summed E-state index contributed by atoms with van der Waals surface area (Å²) < 4.78 is 5.19. The van der Waals surface area contributed by atoms with Gasteiger partial charge in [-0.1, -0.05) is 6.92 Å². The molecule has 1 saturated heterocycles. The number of carboxylic acids is 1. The molecule has 3 rings (SSSR count). The molecule has 7 heteroatoms. The van der Waals surface area contributed by atoms with Gasteiger partial charge in [-0.3, -0.25) is 0 Å². The molecule has 0 unspecified atom stereocenters. The molecule has 0 bridgehead atoms. The molecule has 7 nitrogen and oxygen atoms in total. The first kappa shape index (κ1) is 17.0. The van der Waals surface area contributed by atoms with E-state index in [2.05, 4.69) is 31.9 Å². The molecular weight excluding hydrogens is 320 g/mol. The number of aromatic carboxylic acids is 1. The van der Waals surface area contributed by atoms with Crippen LogP contribution in [-0.2, 0) is 6.42 Å². The summed E-state index contributed by atoms with van der Waals surface area (Å²) in [7, 11) is 1.66. The molecule has 1 fully saturated rings. The monoisotopic (exact) mass is 342 g/mol. The predicted molar refractivity (Wildman–Crippen MR) is 95.8 cm³/mol. The topological polar surface area (TPSA) is 78.8 Å². The molecule has 0 saturated carbocycles. The Balaban J connectivity index is 1.68. The summed E-state index contributed by atoms with van der Waals surface area (Å²) >= 11 is 0. The molecule has 0 aliphatic carbocycles. The maximum Gasteiger partial charge on any atom is 0.339 e. The summed E-state index contributed by atoms with van der Waals surface area (Å²) in [6.07, 6.45) is 1.99. The molecule has 1 aromatic carbocycles. The van der Waals surface area contributed by atoms with Crippen LogP contribution in [0.15, 0.2) is 30.5 Å². The molecule has 1 aromatic heterocycles. The first-order valence-corrected chi connectivity index (χ1v) is 8.35. The average Bonchev–Trinajstić information content (AvgIpc) is 2.67. The van der Waals surface area contributed by atoms with Gasteiger partial charge in [0.1, 0.15) is 5.75 Å². The van der Waals surface area contributed by atoms with E-state index < -0.39 is 5.97 Å². The third kappa shape index (κ3) is 3.65. The van der Waals surface area contributed by atoms with Gasteiger partial charge in [0.15, 0.2) is 0 Å². The van der Waals surface area contributed by atoms with E-state index in [1.165, 1.54) is 6.20 Å². The van der Waals surface area contributed by atoms with Gasteiger partial charge in [-0.25, -0.2) is 14.8 Å². The summed E-state index contributed by atoms with van der Waals surface area (Å²) in [4.78, 5) is 24.3. The number of piperazine rings is 1. The van der Waals surface area contributed by atoms with Gasteiger partial charge < -0.3 is 19.6 Å². The van der Waals surface area contributed by atoms with E-state index in [-0.39, 0.29) is 5.56 Å². The van der Waals surface area contributed by atoms with Crippen molar-refractivity contribution in [3.8, 4) is 5.75 Å². The van der Waals surface area contributed by atoms with Crippen LogP contribution in [0.25, 0.3) is 0 Å². The largest absolute Gasteiger partial charge is 0.497 e. The van der Waals surface area contributed by atoms with Gasteiger partial charge in [0.2, 0.25) is 5.95 Å². The van der Waals surface area contributed by atoms with Crippen molar-refractivity contribution in [1.29, 1.82) is 0 Å². The number of carboxylic acid groups (broad SMARTS) is 1. The Bertz CT molecular complexity index is 740. The first-order chi connectivity index (χ1) is 12.1. The van der Waals surface area contributed by atoms with Gasteiger partial charge >= 0.3 is 5.97 Å². The number of aryl methyl sites for hydroxylation is 1. The van der Waals surface area contributed by atoms with Crippen molar-refractivity contribution in [1.82, 2.24) is 9.97 Å². The van der Waals surface area contributed by atoms with Crippen molar-refractivity contribution in [3.63, 3.8) is 0 Å². The molecule has 132 valence electrons. The van der Waals surface area contributed by atoms with E-state index in [0.717, 1.165) is 37.6 Å². The third-order valence-electron chi connectivity index (χ3n) is 4.42. The minimum absolute atomic E-state index is 0.183. The van der Waals surface area contributed by atoms with E-state index in [0.29, 0.717) is 18.1 Å². The van der Waals surface area contributed by atoms with Crippen LogP contribution in [0.1, 0.15) is 23.0 Å². The maximum absolute atomic E-state index is 11.2. The Morgan fingerprint density at radius 1 is 1.16 bits per heavy atom. The van der Waals surface area contributed by atoms with Crippen LogP contribution in [-0.4, -0.2) is 54.3 Å². The third-order valence-corrected chi connectivity index (χ3v) is 4.42. The predicted octanol–water partition coefficient (Wildman–Crippen LogP) is 2.07. The number of ether oxygens (including phenoxy) is 1. The van der Waals surface area contributed by atoms with Gasteiger partial charge in [0.25, 0.3) is 0 Å². The standard InChI is InChI=1S/C18H22N4O3/c1-3-16-15(17(23)24)12-19-18(20-16)22-10-8-21(9-11-22)13-4-6-14(25-2)7-5-13/h4-7,12H,3,8-11H2,1-2H3,(H,23,24). The van der Waals surface area contributed by atoms with Crippen molar-refractivity contribution < 1.29 is 14.6 Å². The summed E-state index contributed by atoms with van der Waals surface area (Å²) in [6, 6.07) is 8.04. The number of carbonyl (C=O) groups is 1. The summed E-state index contributed by atoms with van der Waals surface area (Å²) in [5.74, 6) is 0.477. The molecule has 2 aromatic rings. The lowest BCUT2D eigenvalue weighted by Gasteiger charge is -2.36. The van der Waals surface area contributed by atoms with Gasteiger partial charge in [-0.05, 0) is 30.7 Å². The highest BCUT2D eigenvalue weighted by atomic mass is 16.5. The molecule has 25 heavy (non-hydrogen) atoms. The van der Waals surface area contributed by atoms with Crippen LogP contribution in [0.3, 0.4) is 0 Å². The molecule has 1 aliphatic rings. The molecule has 0 atom stereocenters. The zero-order chi connectivity index (χ0) is 17.8. The second-order valence-corrected chi connectivity index (χ2v) is 5.86. The van der Waals surface area contributed by atoms with Crippen LogP contribution in [0.2, 0.25) is 0 Å². The number of benzene rings is 1. The molecule has 1 N–H and O–H groups in total. The second kappa shape index (κ2) is 7.38. The SMILES string of the molecule is CCc1nc(N2CCN(c3ccc(OC)cc3)CC2)ncc1C(=O)O. The summed E-state index contributed by atoms with van der Waals surface area (Å²) in [6.45, 7) is 5.21. The van der Waals surface area contributed by atoms with Crippen LogP contribution < -0.4 is 14.5 Å². The van der Waals surface area contributed by atoms with Crippen LogP contribution in [0.4, 0.5) is 11.6 Å². The van der Waals surface area contributed by atoms with E-state index in [9.17, 15) is 9.90 Å². The minimum Gasteiger partial charge on any atom is -0.497 e. The van der Waals surface area contributed by atoms with E-state index >= 15 is 0 Å². The molecule has 2 heterocycles. The fourth-order valence-corrected chi connectivity index (χ4v) is 2.96. The fraction of sp³-hybridized carbons (Fsp3) is 0.389. The van der Waals surface area contributed by atoms with Crippen molar-refractivity contribution >= 4 is 17.6 Å². The Kier molecular flexibility index (Phi) is 5.02. The summed E-state index contributed by atoms with van der Waals surface area (Å²) in [5.41, 5.74) is 1.93. The van der Waals surface area contributed by atoms with Gasteiger partial charge in [-0.2, -0.15) is 0 Å². The number of aromatic nitrogens is 2. The number of nitrogens with zero attached hydrogens (tertiary/aromatic N) is 4. The number of hydrogen-bond acceptors (Lipinski definition) is 6. The van der Waals surface area contributed by atoms with Crippen molar-refractivity contribution in [2.45, 2.75) is 13.3 Å². The van der Waals surface area contributed by atoms with Crippen LogP contribution in [0, 0.1) is 0 Å². The zero-order valence-corrected chi connectivity index (χ0v) is 14.5. The first-order valence-electron chi connectivity index (χ1n) is 8.35. The van der Waals surface area contributed by atoms with Crippen molar-refractivity contribution in [3.05, 3.63) is 41.7 Å². The zero-order valence-electron chi connectivity index (χ0n) is 14.5. The van der Waals surface area contributed by atoms with Crippen LogP contribution >= 0.6 is 0 Å². The molecule has 0 amide bonds. The highest BCUT2D eigenvalue weighted by molar-refractivity contribution is 5.88. The molecular formula is C18H22N4O3. The van der Waals surface area contributed by atoms with E-state index in [1.807, 2.05) is 19.1 Å². The average molecular weight is 342 g/mol. The highest BCUT2D eigenvalue weighted by Gasteiger charge is 2.21. The van der Waals surface area contributed by atoms with E-state index in [1.54, 1.807) is 7.11 Å². The quantitative estimate of drug-likeness (QED) is 0.891. The van der Waals surface area contributed by atoms with Crippen LogP contribution in [0.5, 0.6) is 5.75 Å². The Morgan fingerprint density at radius 3 is 2.36 bits per heavy atom. The number of rotatable bonds is 5. The number of hydrogen-bond donors (Lipinski definition) is 1. The van der Waals surface area contributed by atoms with Crippen molar-refractivity contribution in [2.75, 3.05) is 43.1 Å². The van der Waals surface area contributed by atoms with Gasteiger partial charge in [0, 0.05) is 38.1 Å². The maximum atomic E-state index is 11.2. The summed E-state index contributed by atoms with van der Waals surface area (Å²) in [5, 5.41) is 9.19. The molecule has 0 spiro atoms. The van der Waals surface area contributed by atoms with Gasteiger partial charge in [-0.15, -0.1) is 0 Å². The lowest BCUT2D eigenvalue weighted by Crippen LogP contribution is -2.47. The van der Waals surface area contributed by atoms with Gasteiger partial charge in [0.05, 0.1) is 18.4 Å². The fourth-order valence-electron chi connectivity index (χ4n) is 2.96. The number of methoxy groups -OCH3 is 1. The smallest absolute Gasteiger partial charge is 0.339 e. The lowest BCUT2D eigenvalue weighted by molar-refractivity contribution is 0.0694. The molecule has 1 aliphatic heterocycles. The number of anilines is 2. The Morgan fingerprint density at radius 2 is 1.80 bits per heavy atom. The molecule has 0 radical (unpaired) electrons. The minimum atomic E-state index is -0.979.